The maximum Gasteiger partial charge on any atom is 0.129 e. The number of H-pyrrole nitrogens is 1. The molecule has 0 bridgehead atoms. The van der Waals surface area contributed by atoms with E-state index >= 15 is 0 Å². The second kappa shape index (κ2) is 5.81. The van der Waals surface area contributed by atoms with E-state index in [0.717, 1.165) is 12.1 Å². The second-order valence-electron chi connectivity index (χ2n) is 4.75. The van der Waals surface area contributed by atoms with E-state index in [1.165, 1.54) is 12.1 Å². The van der Waals surface area contributed by atoms with E-state index in [9.17, 15) is 8.60 Å². The van der Waals surface area contributed by atoms with Gasteiger partial charge in [0, 0.05) is 37.2 Å². The first-order valence-corrected chi connectivity index (χ1v) is 7.14. The fourth-order valence-corrected chi connectivity index (χ4v) is 2.90. The highest BCUT2D eigenvalue weighted by Gasteiger charge is 2.15. The summed E-state index contributed by atoms with van der Waals surface area (Å²) in [6.45, 7) is 1.50. The Hall–Kier alpha value is -1.24. The average molecular weight is 283 g/mol. The van der Waals surface area contributed by atoms with Gasteiger partial charge >= 0.3 is 0 Å². The van der Waals surface area contributed by atoms with Crippen LogP contribution >= 0.6 is 0 Å². The van der Waals surface area contributed by atoms with Crippen molar-refractivity contribution >= 4 is 21.9 Å². The summed E-state index contributed by atoms with van der Waals surface area (Å²) in [5.41, 5.74) is 0.797. The standard InChI is InChI=1S/C13H18FN3OS/c1-16(2)6-7-17(3)19(18)13-9-15-12-5-4-10(14)8-11(12)13/h4-5,8-9,15H,6-7H2,1-3H3. The van der Waals surface area contributed by atoms with Crippen molar-refractivity contribution in [3.8, 4) is 0 Å². The van der Waals surface area contributed by atoms with Crippen LogP contribution in [0.3, 0.4) is 0 Å². The number of benzene rings is 1. The number of nitrogens with zero attached hydrogens (tertiary/aromatic N) is 2. The minimum absolute atomic E-state index is 0.318. The van der Waals surface area contributed by atoms with Crippen LogP contribution in [0, 0.1) is 5.82 Å². The van der Waals surface area contributed by atoms with Crippen molar-refractivity contribution in [1.82, 2.24) is 14.2 Å². The van der Waals surface area contributed by atoms with Crippen LogP contribution in [-0.2, 0) is 11.0 Å². The van der Waals surface area contributed by atoms with Crippen LogP contribution in [-0.4, -0.2) is 52.6 Å². The number of aromatic amines is 1. The number of hydrogen-bond acceptors (Lipinski definition) is 2. The van der Waals surface area contributed by atoms with Crippen molar-refractivity contribution in [2.45, 2.75) is 4.90 Å². The molecule has 2 aromatic rings. The Morgan fingerprint density at radius 3 is 2.68 bits per heavy atom. The minimum atomic E-state index is -1.29. The monoisotopic (exact) mass is 283 g/mol. The summed E-state index contributed by atoms with van der Waals surface area (Å²) >= 11 is 0. The Bertz CT molecular complexity index is 597. The van der Waals surface area contributed by atoms with Gasteiger partial charge in [-0.2, -0.15) is 0 Å². The summed E-state index contributed by atoms with van der Waals surface area (Å²) < 4.78 is 27.5. The summed E-state index contributed by atoms with van der Waals surface area (Å²) in [4.78, 5) is 5.67. The highest BCUT2D eigenvalue weighted by atomic mass is 32.2. The maximum absolute atomic E-state index is 13.3. The van der Waals surface area contributed by atoms with E-state index in [-0.39, 0.29) is 5.82 Å². The number of aromatic nitrogens is 1. The fraction of sp³-hybridized carbons (Fsp3) is 0.385. The fourth-order valence-electron chi connectivity index (χ4n) is 1.80. The molecule has 0 radical (unpaired) electrons. The van der Waals surface area contributed by atoms with Crippen molar-refractivity contribution in [2.24, 2.45) is 0 Å². The molecule has 0 amide bonds. The van der Waals surface area contributed by atoms with Gasteiger partial charge in [0.2, 0.25) is 0 Å². The molecule has 1 unspecified atom stereocenters. The van der Waals surface area contributed by atoms with Crippen molar-refractivity contribution in [1.29, 1.82) is 0 Å². The molecule has 1 heterocycles. The van der Waals surface area contributed by atoms with Crippen LogP contribution in [0.25, 0.3) is 10.9 Å². The lowest BCUT2D eigenvalue weighted by Gasteiger charge is -2.17. The molecule has 0 aliphatic carbocycles. The van der Waals surface area contributed by atoms with Crippen molar-refractivity contribution in [3.05, 3.63) is 30.2 Å². The molecule has 0 aliphatic heterocycles. The smallest absolute Gasteiger partial charge is 0.129 e. The molecule has 1 aromatic heterocycles. The van der Waals surface area contributed by atoms with Gasteiger partial charge in [-0.05, 0) is 32.3 Å². The third kappa shape index (κ3) is 3.20. The number of nitrogens with one attached hydrogen (secondary N) is 1. The van der Waals surface area contributed by atoms with Crippen LogP contribution in [0.4, 0.5) is 4.39 Å². The number of halogens is 1. The van der Waals surface area contributed by atoms with Gasteiger partial charge < -0.3 is 9.88 Å². The lowest BCUT2D eigenvalue weighted by atomic mass is 10.2. The molecule has 0 saturated carbocycles. The van der Waals surface area contributed by atoms with Crippen LogP contribution in [0.1, 0.15) is 0 Å². The molecule has 1 N–H and O–H groups in total. The molecule has 0 spiro atoms. The number of rotatable bonds is 5. The van der Waals surface area contributed by atoms with Gasteiger partial charge in [-0.25, -0.2) is 12.9 Å². The second-order valence-corrected chi connectivity index (χ2v) is 6.31. The van der Waals surface area contributed by atoms with Gasteiger partial charge in [0.05, 0.1) is 4.90 Å². The summed E-state index contributed by atoms with van der Waals surface area (Å²) in [6, 6.07) is 4.46. The zero-order valence-electron chi connectivity index (χ0n) is 11.3. The molecule has 1 atom stereocenters. The predicted octanol–water partition coefficient (Wildman–Crippen LogP) is 1.82. The molecule has 6 heteroatoms. The lowest BCUT2D eigenvalue weighted by molar-refractivity contribution is 0.367. The molecule has 0 saturated heterocycles. The van der Waals surface area contributed by atoms with E-state index in [0.29, 0.717) is 16.8 Å². The van der Waals surface area contributed by atoms with Crippen LogP contribution in [0.5, 0.6) is 0 Å². The molecule has 2 rings (SSSR count). The van der Waals surface area contributed by atoms with Crippen LogP contribution in [0.2, 0.25) is 0 Å². The number of hydrogen-bond donors (Lipinski definition) is 1. The highest BCUT2D eigenvalue weighted by Crippen LogP contribution is 2.23. The first kappa shape index (κ1) is 14.2. The van der Waals surface area contributed by atoms with Crippen molar-refractivity contribution < 1.29 is 8.60 Å². The Labute approximate surface area is 114 Å². The summed E-state index contributed by atoms with van der Waals surface area (Å²) in [6.07, 6.45) is 1.69. The van der Waals surface area contributed by atoms with E-state index in [2.05, 4.69) is 4.98 Å². The number of likely N-dealkylation sites (N-methyl/N-ethyl adjacent to an activating group) is 2. The van der Waals surface area contributed by atoms with E-state index in [4.69, 9.17) is 0 Å². The summed E-state index contributed by atoms with van der Waals surface area (Å²) in [5.74, 6) is -0.318. The third-order valence-electron chi connectivity index (χ3n) is 2.94. The van der Waals surface area contributed by atoms with Gasteiger partial charge in [0.1, 0.15) is 16.8 Å². The molecule has 0 fully saturated rings. The zero-order chi connectivity index (χ0) is 14.0. The van der Waals surface area contributed by atoms with Crippen molar-refractivity contribution in [3.63, 3.8) is 0 Å². The molecule has 0 aliphatic rings. The van der Waals surface area contributed by atoms with Crippen molar-refractivity contribution in [2.75, 3.05) is 34.2 Å². The highest BCUT2D eigenvalue weighted by molar-refractivity contribution is 7.82. The topological polar surface area (TPSA) is 39.3 Å². The third-order valence-corrected chi connectivity index (χ3v) is 4.40. The Kier molecular flexibility index (Phi) is 4.34. The molecule has 1 aromatic carbocycles. The summed E-state index contributed by atoms with van der Waals surface area (Å²) in [5, 5.41) is 0.676. The molecule has 4 nitrogen and oxygen atoms in total. The van der Waals surface area contributed by atoms with Crippen LogP contribution in [0.15, 0.2) is 29.3 Å². The van der Waals surface area contributed by atoms with Gasteiger partial charge in [-0.3, -0.25) is 0 Å². The predicted molar refractivity (Wildman–Crippen MR) is 75.8 cm³/mol. The quantitative estimate of drug-likeness (QED) is 0.909. The van der Waals surface area contributed by atoms with Crippen LogP contribution < -0.4 is 0 Å². The molecular weight excluding hydrogens is 265 g/mol. The maximum atomic E-state index is 13.3. The normalized spacial score (nSPS) is 13.6. The summed E-state index contributed by atoms with van der Waals surface area (Å²) in [7, 11) is 4.46. The number of fused-ring (bicyclic) bond motifs is 1. The lowest BCUT2D eigenvalue weighted by Crippen LogP contribution is -2.30. The van der Waals surface area contributed by atoms with Gasteiger partial charge in [-0.1, -0.05) is 0 Å². The Balaban J connectivity index is 2.23. The SMILES string of the molecule is CN(C)CCN(C)S(=O)c1c[nH]c2ccc(F)cc12. The first-order valence-electron chi connectivity index (χ1n) is 6.03. The van der Waals surface area contributed by atoms with Gasteiger partial charge in [0.15, 0.2) is 0 Å². The largest absolute Gasteiger partial charge is 0.360 e. The molecule has 19 heavy (non-hydrogen) atoms. The van der Waals surface area contributed by atoms with Gasteiger partial charge in [0.25, 0.3) is 0 Å². The minimum Gasteiger partial charge on any atom is -0.360 e. The Morgan fingerprint density at radius 2 is 2.00 bits per heavy atom. The molecular formula is C13H18FN3OS. The zero-order valence-corrected chi connectivity index (χ0v) is 12.1. The van der Waals surface area contributed by atoms with Gasteiger partial charge in [-0.15, -0.1) is 0 Å². The Morgan fingerprint density at radius 1 is 1.26 bits per heavy atom. The van der Waals surface area contributed by atoms with E-state index in [1.54, 1.807) is 23.6 Å². The average Bonchev–Trinajstić information content (AvgIpc) is 2.77. The molecule has 104 valence electrons. The first-order chi connectivity index (χ1) is 8.99. The van der Waals surface area contributed by atoms with E-state index in [1.807, 2.05) is 19.0 Å². The van der Waals surface area contributed by atoms with E-state index < -0.39 is 11.0 Å².